The number of hydrogen-bond donors (Lipinski definition) is 0. The van der Waals surface area contributed by atoms with E-state index in [1.807, 2.05) is 24.3 Å². The van der Waals surface area contributed by atoms with Gasteiger partial charge in [-0.3, -0.25) is 9.59 Å². The molecule has 1 aromatic rings. The summed E-state index contributed by atoms with van der Waals surface area (Å²) in [6.45, 7) is 0. The maximum atomic E-state index is 12.0. The lowest BCUT2D eigenvalue weighted by molar-refractivity contribution is -0.118. The summed E-state index contributed by atoms with van der Waals surface area (Å²) >= 11 is 0. The highest BCUT2D eigenvalue weighted by molar-refractivity contribution is 6.08. The maximum absolute atomic E-state index is 12.0. The minimum atomic E-state index is -0.00694. The second-order valence-corrected chi connectivity index (χ2v) is 4.71. The first-order valence-electron chi connectivity index (χ1n) is 6.40. The highest BCUT2D eigenvalue weighted by Crippen LogP contribution is 2.18. The summed E-state index contributed by atoms with van der Waals surface area (Å²) in [5.74, 6) is 0.0826. The number of carbonyl (C=O) groups is 2. The molecule has 1 aliphatic carbocycles. The Labute approximate surface area is 102 Å². The minimum Gasteiger partial charge on any atom is -0.299 e. The second kappa shape index (κ2) is 5.76. The summed E-state index contributed by atoms with van der Waals surface area (Å²) < 4.78 is 0. The van der Waals surface area contributed by atoms with Crippen LogP contribution in [0.15, 0.2) is 24.3 Å². The van der Waals surface area contributed by atoms with Crippen LogP contribution < -0.4 is 0 Å². The fourth-order valence-corrected chi connectivity index (χ4v) is 2.36. The SMILES string of the molecule is O=C1CCCCCCc2ccccc2C(=O)C1. The number of fused-ring (bicyclic) bond motifs is 1. The van der Waals surface area contributed by atoms with Gasteiger partial charge in [-0.15, -0.1) is 0 Å². The first-order chi connectivity index (χ1) is 8.27. The van der Waals surface area contributed by atoms with Crippen LogP contribution in [0.25, 0.3) is 0 Å². The van der Waals surface area contributed by atoms with E-state index in [1.54, 1.807) is 0 Å². The van der Waals surface area contributed by atoms with E-state index in [2.05, 4.69) is 0 Å². The van der Waals surface area contributed by atoms with Crippen LogP contribution in [0, 0.1) is 0 Å². The van der Waals surface area contributed by atoms with Crippen LogP contribution in [0.3, 0.4) is 0 Å². The predicted octanol–water partition coefficient (Wildman–Crippen LogP) is 3.34. The van der Waals surface area contributed by atoms with E-state index in [1.165, 1.54) is 0 Å². The van der Waals surface area contributed by atoms with E-state index < -0.39 is 0 Å². The fourth-order valence-electron chi connectivity index (χ4n) is 2.36. The van der Waals surface area contributed by atoms with E-state index >= 15 is 0 Å². The highest BCUT2D eigenvalue weighted by Gasteiger charge is 2.15. The van der Waals surface area contributed by atoms with Gasteiger partial charge in [-0.1, -0.05) is 37.1 Å². The zero-order valence-electron chi connectivity index (χ0n) is 10.1. The Kier molecular flexibility index (Phi) is 4.08. The Morgan fingerprint density at radius 2 is 1.53 bits per heavy atom. The molecule has 0 atom stereocenters. The van der Waals surface area contributed by atoms with E-state index in [0.29, 0.717) is 6.42 Å². The lowest BCUT2D eigenvalue weighted by Crippen LogP contribution is -2.09. The zero-order chi connectivity index (χ0) is 12.1. The lowest BCUT2D eigenvalue weighted by atomic mass is 9.97. The molecule has 0 aromatic heterocycles. The van der Waals surface area contributed by atoms with Crippen molar-refractivity contribution in [2.45, 2.75) is 44.9 Å². The van der Waals surface area contributed by atoms with Gasteiger partial charge >= 0.3 is 0 Å². The van der Waals surface area contributed by atoms with Crippen molar-refractivity contribution < 1.29 is 9.59 Å². The average Bonchev–Trinajstić information content (AvgIpc) is 2.35. The number of ketones is 2. The van der Waals surface area contributed by atoms with Crippen molar-refractivity contribution in [1.82, 2.24) is 0 Å². The van der Waals surface area contributed by atoms with Crippen molar-refractivity contribution in [3.8, 4) is 0 Å². The molecule has 0 fully saturated rings. The summed E-state index contributed by atoms with van der Waals surface area (Å²) in [6.07, 6.45) is 5.89. The first kappa shape index (κ1) is 12.0. The molecule has 0 bridgehead atoms. The van der Waals surface area contributed by atoms with Crippen LogP contribution in [0.5, 0.6) is 0 Å². The van der Waals surface area contributed by atoms with Crippen LogP contribution in [0.1, 0.15) is 54.4 Å². The number of Topliss-reactive ketones (excluding diaryl/α,β-unsaturated/α-hetero) is 2. The van der Waals surface area contributed by atoms with Gasteiger partial charge in [0, 0.05) is 12.0 Å². The molecule has 0 heterocycles. The molecule has 2 nitrogen and oxygen atoms in total. The third-order valence-electron chi connectivity index (χ3n) is 3.33. The van der Waals surface area contributed by atoms with E-state index in [-0.39, 0.29) is 18.0 Å². The smallest absolute Gasteiger partial charge is 0.170 e. The van der Waals surface area contributed by atoms with Crippen molar-refractivity contribution >= 4 is 11.6 Å². The normalized spacial score (nSPS) is 18.4. The topological polar surface area (TPSA) is 34.1 Å². The molecule has 2 heteroatoms. The molecule has 0 saturated heterocycles. The lowest BCUT2D eigenvalue weighted by Gasteiger charge is -2.06. The standard InChI is InChI=1S/C15H18O2/c16-13-9-4-2-1-3-7-12-8-5-6-10-14(12)15(17)11-13/h5-6,8,10H,1-4,7,9,11H2. The van der Waals surface area contributed by atoms with Crippen molar-refractivity contribution in [3.63, 3.8) is 0 Å². The maximum Gasteiger partial charge on any atom is 0.170 e. The van der Waals surface area contributed by atoms with Gasteiger partial charge in [0.1, 0.15) is 5.78 Å². The summed E-state index contributed by atoms with van der Waals surface area (Å²) in [5, 5.41) is 0. The van der Waals surface area contributed by atoms with Crippen molar-refractivity contribution in [3.05, 3.63) is 35.4 Å². The van der Waals surface area contributed by atoms with Crippen molar-refractivity contribution in [2.24, 2.45) is 0 Å². The molecule has 17 heavy (non-hydrogen) atoms. The number of rotatable bonds is 0. The van der Waals surface area contributed by atoms with Gasteiger partial charge in [-0.25, -0.2) is 0 Å². The Morgan fingerprint density at radius 3 is 2.35 bits per heavy atom. The Bertz CT molecular complexity index is 421. The Hall–Kier alpha value is -1.44. The molecule has 90 valence electrons. The predicted molar refractivity (Wildman–Crippen MR) is 67.2 cm³/mol. The van der Waals surface area contributed by atoms with Crippen LogP contribution in [-0.4, -0.2) is 11.6 Å². The Morgan fingerprint density at radius 1 is 0.824 bits per heavy atom. The first-order valence-corrected chi connectivity index (χ1v) is 6.40. The van der Waals surface area contributed by atoms with Gasteiger partial charge in [-0.2, -0.15) is 0 Å². The summed E-state index contributed by atoms with van der Waals surface area (Å²) in [7, 11) is 0. The number of carbonyl (C=O) groups excluding carboxylic acids is 2. The molecular weight excluding hydrogens is 212 g/mol. The van der Waals surface area contributed by atoms with Gasteiger partial charge in [-0.05, 0) is 24.8 Å². The molecule has 1 aliphatic rings. The summed E-state index contributed by atoms with van der Waals surface area (Å²) in [5.41, 5.74) is 1.86. The van der Waals surface area contributed by atoms with Crippen molar-refractivity contribution in [2.75, 3.05) is 0 Å². The van der Waals surface area contributed by atoms with Gasteiger partial charge < -0.3 is 0 Å². The van der Waals surface area contributed by atoms with Gasteiger partial charge in [0.2, 0.25) is 0 Å². The molecule has 0 unspecified atom stereocenters. The van der Waals surface area contributed by atoms with Crippen LogP contribution in [0.2, 0.25) is 0 Å². The molecule has 1 aromatic carbocycles. The van der Waals surface area contributed by atoms with Gasteiger partial charge in [0.25, 0.3) is 0 Å². The number of benzene rings is 1. The third kappa shape index (κ3) is 3.26. The van der Waals surface area contributed by atoms with E-state index in [4.69, 9.17) is 0 Å². The molecule has 0 aliphatic heterocycles. The molecule has 2 rings (SSSR count). The molecule has 0 radical (unpaired) electrons. The molecule has 0 spiro atoms. The van der Waals surface area contributed by atoms with Crippen LogP contribution in [0.4, 0.5) is 0 Å². The van der Waals surface area contributed by atoms with E-state index in [9.17, 15) is 9.59 Å². The number of aryl methyl sites for hydroxylation is 1. The molecule has 0 amide bonds. The fraction of sp³-hybridized carbons (Fsp3) is 0.467. The van der Waals surface area contributed by atoms with Gasteiger partial charge in [0.05, 0.1) is 6.42 Å². The number of hydrogen-bond acceptors (Lipinski definition) is 2. The third-order valence-corrected chi connectivity index (χ3v) is 3.33. The van der Waals surface area contributed by atoms with Crippen LogP contribution in [-0.2, 0) is 11.2 Å². The van der Waals surface area contributed by atoms with E-state index in [0.717, 1.165) is 43.2 Å². The monoisotopic (exact) mass is 230 g/mol. The van der Waals surface area contributed by atoms with Crippen LogP contribution >= 0.6 is 0 Å². The van der Waals surface area contributed by atoms with Crippen molar-refractivity contribution in [1.29, 1.82) is 0 Å². The minimum absolute atomic E-state index is 0.00694. The largest absolute Gasteiger partial charge is 0.299 e. The molecule has 0 saturated carbocycles. The summed E-state index contributed by atoms with van der Waals surface area (Å²) in [4.78, 5) is 23.6. The quantitative estimate of drug-likeness (QED) is 0.641. The Balaban J connectivity index is 2.24. The molecule has 0 N–H and O–H groups in total. The highest BCUT2D eigenvalue weighted by atomic mass is 16.1. The molecular formula is C15H18O2. The zero-order valence-corrected chi connectivity index (χ0v) is 10.1. The second-order valence-electron chi connectivity index (χ2n) is 4.71. The van der Waals surface area contributed by atoms with Gasteiger partial charge in [0.15, 0.2) is 5.78 Å². The summed E-state index contributed by atoms with van der Waals surface area (Å²) in [6, 6.07) is 7.70. The average molecular weight is 230 g/mol.